The first-order chi connectivity index (χ1) is 16.1. The smallest absolute Gasteiger partial charge is 0.258 e. The van der Waals surface area contributed by atoms with Gasteiger partial charge in [0.05, 0.1) is 18.7 Å². The molecule has 5 heteroatoms. The van der Waals surface area contributed by atoms with E-state index in [0.29, 0.717) is 22.7 Å². The monoisotopic (exact) mass is 452 g/mol. The molecule has 0 saturated heterocycles. The molecular formula is C28H21ClN2O2. The minimum atomic E-state index is -0.163. The van der Waals surface area contributed by atoms with Crippen LogP contribution in [0.25, 0.3) is 11.1 Å². The topological polar surface area (TPSA) is 49.4 Å². The van der Waals surface area contributed by atoms with E-state index in [2.05, 4.69) is 11.4 Å². The molecule has 1 aliphatic heterocycles. The van der Waals surface area contributed by atoms with E-state index in [1.165, 1.54) is 0 Å². The van der Waals surface area contributed by atoms with Crippen LogP contribution in [-0.4, -0.2) is 11.8 Å². The number of benzene rings is 4. The van der Waals surface area contributed by atoms with Crippen molar-refractivity contribution in [3.63, 3.8) is 0 Å². The second-order valence-corrected chi connectivity index (χ2v) is 8.37. The van der Waals surface area contributed by atoms with E-state index < -0.39 is 0 Å². The Balaban J connectivity index is 1.38. The van der Waals surface area contributed by atoms with Gasteiger partial charge in [0.1, 0.15) is 0 Å². The van der Waals surface area contributed by atoms with Gasteiger partial charge in [0, 0.05) is 21.8 Å². The van der Waals surface area contributed by atoms with Crippen molar-refractivity contribution in [2.75, 3.05) is 10.2 Å². The average Bonchev–Trinajstić information content (AvgIpc) is 2.85. The van der Waals surface area contributed by atoms with Crippen molar-refractivity contribution in [2.24, 2.45) is 0 Å². The third kappa shape index (κ3) is 4.26. The van der Waals surface area contributed by atoms with Gasteiger partial charge in [-0.15, -0.1) is 0 Å². The van der Waals surface area contributed by atoms with Crippen LogP contribution >= 0.6 is 11.6 Å². The highest BCUT2D eigenvalue weighted by molar-refractivity contribution is 6.32. The first-order valence-corrected chi connectivity index (χ1v) is 11.1. The summed E-state index contributed by atoms with van der Waals surface area (Å²) in [5.41, 5.74) is 6.05. The molecule has 0 aromatic heterocycles. The highest BCUT2D eigenvalue weighted by Gasteiger charge is 2.27. The molecule has 0 aliphatic carbocycles. The van der Waals surface area contributed by atoms with Gasteiger partial charge < -0.3 is 10.2 Å². The highest BCUT2D eigenvalue weighted by atomic mass is 35.5. The van der Waals surface area contributed by atoms with Crippen LogP contribution < -0.4 is 10.2 Å². The summed E-state index contributed by atoms with van der Waals surface area (Å²) in [7, 11) is 0. The Kier molecular flexibility index (Phi) is 5.68. The first-order valence-electron chi connectivity index (χ1n) is 10.7. The third-order valence-corrected chi connectivity index (χ3v) is 6.14. The van der Waals surface area contributed by atoms with E-state index in [1.54, 1.807) is 23.1 Å². The Bertz CT molecular complexity index is 1350. The number of anilines is 2. The van der Waals surface area contributed by atoms with Crippen molar-refractivity contribution in [3.05, 3.63) is 119 Å². The molecule has 0 bridgehead atoms. The molecule has 0 unspecified atom stereocenters. The van der Waals surface area contributed by atoms with Gasteiger partial charge >= 0.3 is 0 Å². The number of nitrogens with one attached hydrogen (secondary N) is 1. The molecule has 4 nitrogen and oxygen atoms in total. The van der Waals surface area contributed by atoms with E-state index in [9.17, 15) is 9.59 Å². The Morgan fingerprint density at radius 2 is 1.52 bits per heavy atom. The molecule has 4 aromatic rings. The summed E-state index contributed by atoms with van der Waals surface area (Å²) < 4.78 is 0. The van der Waals surface area contributed by atoms with Crippen LogP contribution in [0.5, 0.6) is 0 Å². The Morgan fingerprint density at radius 3 is 2.30 bits per heavy atom. The number of rotatable bonds is 4. The standard InChI is InChI=1S/C28H21ClN2O2/c29-25-16-20(15-14-19(25)17-27(32)30-22-9-2-1-3-10-22)28(33)31-18-21-8-4-5-11-23(21)24-12-6-7-13-26(24)31/h1-16H,17-18H2,(H,30,32). The number of nitrogens with zero attached hydrogens (tertiary/aromatic N) is 1. The molecule has 0 fully saturated rings. The van der Waals surface area contributed by atoms with Gasteiger partial charge in [0.2, 0.25) is 5.91 Å². The van der Waals surface area contributed by atoms with Crippen LogP contribution in [0.4, 0.5) is 11.4 Å². The lowest BCUT2D eigenvalue weighted by atomic mass is 9.93. The van der Waals surface area contributed by atoms with E-state index in [1.807, 2.05) is 72.8 Å². The van der Waals surface area contributed by atoms with Crippen LogP contribution in [0.15, 0.2) is 97.1 Å². The minimum Gasteiger partial charge on any atom is -0.326 e. The lowest BCUT2D eigenvalue weighted by Gasteiger charge is -2.31. The molecule has 0 radical (unpaired) electrons. The summed E-state index contributed by atoms with van der Waals surface area (Å²) >= 11 is 6.49. The fraction of sp³-hybridized carbons (Fsp3) is 0.0714. The molecule has 5 rings (SSSR count). The summed E-state index contributed by atoms with van der Waals surface area (Å²) in [5.74, 6) is -0.289. The lowest BCUT2D eigenvalue weighted by Crippen LogP contribution is -2.33. The molecule has 2 amide bonds. The van der Waals surface area contributed by atoms with E-state index >= 15 is 0 Å². The van der Waals surface area contributed by atoms with Gasteiger partial charge in [0.15, 0.2) is 0 Å². The molecule has 162 valence electrons. The summed E-state index contributed by atoms with van der Waals surface area (Å²) in [6.45, 7) is 0.491. The number of carbonyl (C=O) groups is 2. The van der Waals surface area contributed by atoms with Gasteiger partial charge in [-0.2, -0.15) is 0 Å². The number of para-hydroxylation sites is 2. The predicted octanol–water partition coefficient (Wildman–Crippen LogP) is 6.35. The zero-order chi connectivity index (χ0) is 22.8. The zero-order valence-corrected chi connectivity index (χ0v) is 18.5. The maximum absolute atomic E-state index is 13.5. The van der Waals surface area contributed by atoms with Crippen LogP contribution in [0, 0.1) is 0 Å². The van der Waals surface area contributed by atoms with Gasteiger partial charge in [-0.1, -0.05) is 78.3 Å². The van der Waals surface area contributed by atoms with Crippen molar-refractivity contribution in [1.29, 1.82) is 0 Å². The third-order valence-electron chi connectivity index (χ3n) is 5.78. The number of hydrogen-bond acceptors (Lipinski definition) is 2. The van der Waals surface area contributed by atoms with Gasteiger partial charge in [-0.3, -0.25) is 9.59 Å². The first kappa shape index (κ1) is 21.0. The summed E-state index contributed by atoms with van der Waals surface area (Å²) in [6, 6.07) is 30.5. The van der Waals surface area contributed by atoms with Crippen LogP contribution in [-0.2, 0) is 17.8 Å². The van der Waals surface area contributed by atoms with Gasteiger partial charge in [-0.25, -0.2) is 0 Å². The fourth-order valence-electron chi connectivity index (χ4n) is 4.17. The molecule has 0 saturated carbocycles. The Morgan fingerprint density at radius 1 is 0.818 bits per heavy atom. The molecular weight excluding hydrogens is 432 g/mol. The van der Waals surface area contributed by atoms with Crippen molar-refractivity contribution < 1.29 is 9.59 Å². The average molecular weight is 453 g/mol. The predicted molar refractivity (Wildman–Crippen MR) is 133 cm³/mol. The van der Waals surface area contributed by atoms with Crippen LogP contribution in [0.3, 0.4) is 0 Å². The van der Waals surface area contributed by atoms with Crippen molar-refractivity contribution in [2.45, 2.75) is 13.0 Å². The largest absolute Gasteiger partial charge is 0.326 e. The summed E-state index contributed by atoms with van der Waals surface area (Å²) in [5, 5.41) is 3.25. The van der Waals surface area contributed by atoms with E-state index in [0.717, 1.165) is 28.1 Å². The number of hydrogen-bond donors (Lipinski definition) is 1. The number of amides is 2. The highest BCUT2D eigenvalue weighted by Crippen LogP contribution is 2.39. The number of carbonyl (C=O) groups excluding carboxylic acids is 2. The second kappa shape index (κ2) is 8.93. The van der Waals surface area contributed by atoms with Crippen molar-refractivity contribution >= 4 is 34.8 Å². The minimum absolute atomic E-state index is 0.126. The maximum atomic E-state index is 13.5. The summed E-state index contributed by atoms with van der Waals surface area (Å²) in [6.07, 6.45) is 0.127. The molecule has 33 heavy (non-hydrogen) atoms. The second-order valence-electron chi connectivity index (χ2n) is 7.96. The normalized spacial score (nSPS) is 12.0. The van der Waals surface area contributed by atoms with Crippen molar-refractivity contribution in [3.8, 4) is 11.1 Å². The molecule has 0 atom stereocenters. The van der Waals surface area contributed by atoms with Crippen molar-refractivity contribution in [1.82, 2.24) is 0 Å². The summed E-state index contributed by atoms with van der Waals surface area (Å²) in [4.78, 5) is 27.7. The molecule has 1 N–H and O–H groups in total. The van der Waals surface area contributed by atoms with Crippen LogP contribution in [0.1, 0.15) is 21.5 Å². The fourth-order valence-corrected chi connectivity index (χ4v) is 4.42. The maximum Gasteiger partial charge on any atom is 0.258 e. The quantitative estimate of drug-likeness (QED) is 0.392. The SMILES string of the molecule is O=C(Cc1ccc(C(=O)N2Cc3ccccc3-c3ccccc32)cc1Cl)Nc1ccccc1. The lowest BCUT2D eigenvalue weighted by molar-refractivity contribution is -0.115. The van der Waals surface area contributed by atoms with E-state index in [4.69, 9.17) is 11.6 Å². The molecule has 4 aromatic carbocycles. The number of halogens is 1. The Hall–Kier alpha value is -3.89. The molecule has 1 aliphatic rings. The van der Waals surface area contributed by atoms with Crippen LogP contribution in [0.2, 0.25) is 5.02 Å². The molecule has 1 heterocycles. The van der Waals surface area contributed by atoms with Gasteiger partial charge in [0.25, 0.3) is 5.91 Å². The Labute approximate surface area is 197 Å². The molecule has 0 spiro atoms. The van der Waals surface area contributed by atoms with E-state index in [-0.39, 0.29) is 18.2 Å². The van der Waals surface area contributed by atoms with Gasteiger partial charge in [-0.05, 0) is 47.0 Å². The number of fused-ring (bicyclic) bond motifs is 3. The zero-order valence-electron chi connectivity index (χ0n) is 17.8.